The summed E-state index contributed by atoms with van der Waals surface area (Å²) in [5, 5.41) is 0. The molecule has 0 radical (unpaired) electrons. The maximum absolute atomic E-state index is 11.1. The summed E-state index contributed by atoms with van der Waals surface area (Å²) in [7, 11) is 3.93. The first-order chi connectivity index (χ1) is 6.59. The van der Waals surface area contributed by atoms with Gasteiger partial charge in [-0.1, -0.05) is 0 Å². The van der Waals surface area contributed by atoms with Crippen LogP contribution in [0.5, 0.6) is 0 Å². The summed E-state index contributed by atoms with van der Waals surface area (Å²) in [5.41, 5.74) is 7.51. The fourth-order valence-corrected chi connectivity index (χ4v) is 1.87. The number of hydrogen-bond acceptors (Lipinski definition) is 3. The van der Waals surface area contributed by atoms with Crippen molar-refractivity contribution in [2.75, 3.05) is 13.6 Å². The van der Waals surface area contributed by atoms with E-state index in [-0.39, 0.29) is 0 Å². The Morgan fingerprint density at radius 3 is 2.93 bits per heavy atom. The predicted molar refractivity (Wildman–Crippen MR) is 55.3 cm³/mol. The fourth-order valence-electron chi connectivity index (χ4n) is 1.87. The number of nitrogens with two attached hydrogens (primary N) is 1. The van der Waals surface area contributed by atoms with E-state index in [2.05, 4.69) is 14.5 Å². The Morgan fingerprint density at radius 2 is 2.29 bits per heavy atom. The van der Waals surface area contributed by atoms with Crippen LogP contribution in [0.25, 0.3) is 0 Å². The molecule has 5 nitrogen and oxygen atoms in total. The number of imidazole rings is 1. The van der Waals surface area contributed by atoms with Gasteiger partial charge in [-0.15, -0.1) is 0 Å². The van der Waals surface area contributed by atoms with Gasteiger partial charge in [-0.2, -0.15) is 0 Å². The molecule has 1 amide bonds. The number of carbonyl (C=O) groups is 1. The van der Waals surface area contributed by atoms with Crippen molar-refractivity contribution in [3.8, 4) is 0 Å². The lowest BCUT2D eigenvalue weighted by Gasteiger charge is -2.25. The zero-order valence-corrected chi connectivity index (χ0v) is 8.45. The molecule has 0 saturated heterocycles. The van der Waals surface area contributed by atoms with Crippen LogP contribution in [0.3, 0.4) is 0 Å². The van der Waals surface area contributed by atoms with Gasteiger partial charge in [-0.3, -0.25) is 9.69 Å². The summed E-state index contributed by atoms with van der Waals surface area (Å²) in [6, 6.07) is 0. The van der Waals surface area contributed by atoms with Gasteiger partial charge in [-0.05, 0) is 7.05 Å². The number of likely N-dealkylation sites (N-methyl/N-ethyl adjacent to an activating group) is 1. The van der Waals surface area contributed by atoms with Gasteiger partial charge in [-0.25, -0.2) is 4.98 Å². The van der Waals surface area contributed by atoms with E-state index in [1.165, 1.54) is 0 Å². The first-order valence-corrected chi connectivity index (χ1v) is 4.64. The minimum Gasteiger partial charge on any atom is -0.364 e. The Kier molecular flexibility index (Phi) is 2.07. The van der Waals surface area contributed by atoms with E-state index in [4.69, 9.17) is 5.73 Å². The smallest absolute Gasteiger partial charge is 0.269 e. The average Bonchev–Trinajstić information content (AvgIpc) is 2.43. The first kappa shape index (κ1) is 9.27. The van der Waals surface area contributed by atoms with Crippen LogP contribution in [0.15, 0.2) is 0 Å². The van der Waals surface area contributed by atoms with Crippen LogP contribution in [0.1, 0.15) is 16.2 Å². The van der Waals surface area contributed by atoms with E-state index < -0.39 is 5.91 Å². The molecule has 74 valence electrons. The summed E-state index contributed by atoms with van der Waals surface area (Å²) >= 11 is 0. The third-order valence-electron chi connectivity index (χ3n) is 2.62. The molecule has 2 rings (SSSR count). The summed E-state index contributed by atoms with van der Waals surface area (Å²) in [6.45, 7) is 2.62. The lowest BCUT2D eigenvalue weighted by molar-refractivity contribution is 0.0993. The Bertz CT molecular complexity index is 387. The largest absolute Gasteiger partial charge is 0.364 e. The predicted octanol–water partition coefficient (Wildman–Crippen LogP) is -2.31. The molecule has 0 unspecified atom stereocenters. The topological polar surface area (TPSA) is 64.1 Å². The molecule has 0 spiro atoms. The van der Waals surface area contributed by atoms with Crippen LogP contribution in [0.4, 0.5) is 0 Å². The molecule has 0 aromatic carbocycles. The summed E-state index contributed by atoms with van der Waals surface area (Å²) in [6.07, 6.45) is 0. The Balaban J connectivity index is 2.50. The quantitative estimate of drug-likeness (QED) is 0.508. The van der Waals surface area contributed by atoms with E-state index in [9.17, 15) is 4.79 Å². The van der Waals surface area contributed by atoms with Gasteiger partial charge < -0.3 is 10.3 Å². The number of amides is 1. The molecule has 1 aromatic heterocycles. The highest BCUT2D eigenvalue weighted by Crippen LogP contribution is 2.12. The SMILES string of the molecule is Bc1nc(C(N)=O)c2n1CCN(C)C2. The number of hydrogen-bond donors (Lipinski definition) is 1. The minimum atomic E-state index is -0.433. The molecular formula is C8H13BN4O. The summed E-state index contributed by atoms with van der Waals surface area (Å²) in [4.78, 5) is 17.5. The van der Waals surface area contributed by atoms with Crippen LogP contribution in [-0.4, -0.2) is 41.8 Å². The molecule has 0 fully saturated rings. The number of primary amides is 1. The Morgan fingerprint density at radius 1 is 1.57 bits per heavy atom. The normalized spacial score (nSPS) is 16.6. The van der Waals surface area contributed by atoms with Gasteiger partial charge in [0.2, 0.25) is 0 Å². The maximum atomic E-state index is 11.1. The van der Waals surface area contributed by atoms with Gasteiger partial charge >= 0.3 is 0 Å². The highest BCUT2D eigenvalue weighted by Gasteiger charge is 2.22. The summed E-state index contributed by atoms with van der Waals surface area (Å²) in [5.74, 6) is -0.433. The van der Waals surface area contributed by atoms with Crippen molar-refractivity contribution in [2.24, 2.45) is 5.73 Å². The molecule has 0 atom stereocenters. The Hall–Kier alpha value is -1.30. The van der Waals surface area contributed by atoms with Crippen LogP contribution in [0, 0.1) is 0 Å². The average molecular weight is 192 g/mol. The molecule has 1 aromatic rings. The summed E-state index contributed by atoms with van der Waals surface area (Å²) < 4.78 is 2.07. The maximum Gasteiger partial charge on any atom is 0.269 e. The standard InChI is InChI=1S/C8H13BN4O/c1-12-2-3-13-5(4-12)6(7(10)14)11-8(13)9/h2-4,9H2,1H3,(H2,10,14). The van der Waals surface area contributed by atoms with Crippen molar-refractivity contribution < 1.29 is 4.79 Å². The van der Waals surface area contributed by atoms with Crippen LogP contribution >= 0.6 is 0 Å². The van der Waals surface area contributed by atoms with Gasteiger partial charge in [0.25, 0.3) is 5.91 Å². The monoisotopic (exact) mass is 192 g/mol. The molecule has 0 aliphatic carbocycles. The van der Waals surface area contributed by atoms with E-state index in [1.807, 2.05) is 14.9 Å². The number of fused-ring (bicyclic) bond motifs is 1. The third kappa shape index (κ3) is 1.31. The zero-order valence-electron chi connectivity index (χ0n) is 8.45. The zero-order chi connectivity index (χ0) is 10.3. The van der Waals surface area contributed by atoms with Gasteiger partial charge in [0, 0.05) is 19.6 Å². The lowest BCUT2D eigenvalue weighted by atomic mass is 10.1. The van der Waals surface area contributed by atoms with Crippen molar-refractivity contribution in [1.29, 1.82) is 0 Å². The molecular weight excluding hydrogens is 179 g/mol. The number of nitrogens with zero attached hydrogens (tertiary/aromatic N) is 3. The molecule has 6 heteroatoms. The minimum absolute atomic E-state index is 0.425. The van der Waals surface area contributed by atoms with E-state index >= 15 is 0 Å². The highest BCUT2D eigenvalue weighted by molar-refractivity contribution is 6.29. The van der Waals surface area contributed by atoms with Gasteiger partial charge in [0.15, 0.2) is 7.85 Å². The number of aromatic nitrogens is 2. The second-order valence-corrected chi connectivity index (χ2v) is 3.71. The molecule has 14 heavy (non-hydrogen) atoms. The van der Waals surface area contributed by atoms with Crippen LogP contribution in [-0.2, 0) is 13.1 Å². The molecule has 2 N–H and O–H groups in total. The van der Waals surface area contributed by atoms with Crippen molar-refractivity contribution in [3.63, 3.8) is 0 Å². The van der Waals surface area contributed by atoms with Crippen LogP contribution < -0.4 is 11.5 Å². The lowest BCUT2D eigenvalue weighted by Crippen LogP contribution is -2.35. The number of rotatable bonds is 1. The van der Waals surface area contributed by atoms with Gasteiger partial charge in [0.05, 0.1) is 11.4 Å². The molecule has 1 aliphatic rings. The second-order valence-electron chi connectivity index (χ2n) is 3.71. The highest BCUT2D eigenvalue weighted by atomic mass is 16.1. The van der Waals surface area contributed by atoms with E-state index in [0.29, 0.717) is 5.69 Å². The van der Waals surface area contributed by atoms with Crippen molar-refractivity contribution in [2.45, 2.75) is 13.1 Å². The second kappa shape index (κ2) is 3.13. The van der Waals surface area contributed by atoms with Crippen molar-refractivity contribution in [3.05, 3.63) is 11.4 Å². The van der Waals surface area contributed by atoms with Crippen molar-refractivity contribution >= 4 is 19.5 Å². The first-order valence-electron chi connectivity index (χ1n) is 4.64. The molecule has 2 heterocycles. The van der Waals surface area contributed by atoms with Crippen LogP contribution in [0.2, 0.25) is 0 Å². The molecule has 0 saturated carbocycles. The molecule has 1 aliphatic heterocycles. The fraction of sp³-hybridized carbons (Fsp3) is 0.500. The number of carbonyl (C=O) groups excluding carboxylic acids is 1. The third-order valence-corrected chi connectivity index (χ3v) is 2.62. The Labute approximate surface area is 83.3 Å². The van der Waals surface area contributed by atoms with Crippen molar-refractivity contribution in [1.82, 2.24) is 14.5 Å². The molecule has 0 bridgehead atoms. The van der Waals surface area contributed by atoms with Gasteiger partial charge in [0.1, 0.15) is 5.69 Å². The van der Waals surface area contributed by atoms with E-state index in [0.717, 1.165) is 31.1 Å². The van der Waals surface area contributed by atoms with E-state index in [1.54, 1.807) is 0 Å².